The largest absolute Gasteiger partial charge is 0.368 e. The number of carbonyl (C=O) groups is 1. The number of hydrogen-bond acceptors (Lipinski definition) is 2. The Labute approximate surface area is 180 Å². The molecular formula is C27H28N2O. The molecule has 0 aromatic heterocycles. The van der Waals surface area contributed by atoms with E-state index >= 15 is 0 Å². The van der Waals surface area contributed by atoms with Crippen LogP contribution < -0.4 is 4.90 Å². The Morgan fingerprint density at radius 3 is 1.73 bits per heavy atom. The van der Waals surface area contributed by atoms with Gasteiger partial charge in [-0.3, -0.25) is 4.79 Å². The van der Waals surface area contributed by atoms with E-state index in [9.17, 15) is 4.79 Å². The number of rotatable bonds is 2. The second kappa shape index (κ2) is 10.9. The summed E-state index contributed by atoms with van der Waals surface area (Å²) >= 11 is 0. The van der Waals surface area contributed by atoms with Gasteiger partial charge in [-0.1, -0.05) is 62.1 Å². The van der Waals surface area contributed by atoms with E-state index in [1.165, 1.54) is 5.69 Å². The van der Waals surface area contributed by atoms with E-state index in [4.69, 9.17) is 0 Å². The fourth-order valence-electron chi connectivity index (χ4n) is 3.35. The Morgan fingerprint density at radius 1 is 0.667 bits per heavy atom. The van der Waals surface area contributed by atoms with Crippen LogP contribution in [0, 0.1) is 11.8 Å². The van der Waals surface area contributed by atoms with Gasteiger partial charge in [-0.25, -0.2) is 0 Å². The van der Waals surface area contributed by atoms with Crippen LogP contribution in [0.4, 0.5) is 5.69 Å². The van der Waals surface area contributed by atoms with Crippen LogP contribution in [0.15, 0.2) is 84.9 Å². The van der Waals surface area contributed by atoms with Crippen molar-refractivity contribution in [1.29, 1.82) is 0 Å². The molecule has 1 amide bonds. The lowest BCUT2D eigenvalue weighted by atomic mass is 10.1. The Balaban J connectivity index is 0.00000124. The van der Waals surface area contributed by atoms with E-state index in [0.29, 0.717) is 0 Å². The first-order valence-electron chi connectivity index (χ1n) is 10.6. The molecule has 0 radical (unpaired) electrons. The summed E-state index contributed by atoms with van der Waals surface area (Å²) in [5, 5.41) is 0. The molecule has 3 aromatic rings. The molecular weight excluding hydrogens is 368 g/mol. The van der Waals surface area contributed by atoms with Gasteiger partial charge in [0.2, 0.25) is 0 Å². The molecule has 0 atom stereocenters. The normalized spacial score (nSPS) is 12.9. The summed E-state index contributed by atoms with van der Waals surface area (Å²) in [5.74, 6) is 6.38. The van der Waals surface area contributed by atoms with Crippen LogP contribution in [0.3, 0.4) is 0 Å². The number of carbonyl (C=O) groups excluding carboxylic acids is 1. The van der Waals surface area contributed by atoms with Crippen molar-refractivity contribution in [2.24, 2.45) is 0 Å². The molecule has 0 unspecified atom stereocenters. The summed E-state index contributed by atoms with van der Waals surface area (Å²) in [7, 11) is 0. The van der Waals surface area contributed by atoms with Crippen molar-refractivity contribution < 1.29 is 4.79 Å². The number of benzene rings is 3. The highest BCUT2D eigenvalue weighted by Gasteiger charge is 2.22. The first-order valence-corrected chi connectivity index (χ1v) is 10.6. The SMILES string of the molecule is CC.O=C(c1ccc(C#Cc2ccccc2)cc1)N1CCN(c2ccccc2)CC1. The van der Waals surface area contributed by atoms with Crippen LogP contribution in [-0.4, -0.2) is 37.0 Å². The summed E-state index contributed by atoms with van der Waals surface area (Å²) in [6.07, 6.45) is 0. The summed E-state index contributed by atoms with van der Waals surface area (Å²) in [6, 6.07) is 27.9. The number of amides is 1. The maximum absolute atomic E-state index is 12.8. The molecule has 0 aliphatic carbocycles. The molecule has 1 aliphatic rings. The van der Waals surface area contributed by atoms with Crippen molar-refractivity contribution in [3.05, 3.63) is 102 Å². The number of nitrogens with zero attached hydrogens (tertiary/aromatic N) is 2. The molecule has 0 bridgehead atoms. The Hall–Kier alpha value is -3.51. The minimum Gasteiger partial charge on any atom is -0.368 e. The van der Waals surface area contributed by atoms with E-state index in [0.717, 1.165) is 42.9 Å². The van der Waals surface area contributed by atoms with Crippen LogP contribution in [0.5, 0.6) is 0 Å². The molecule has 3 nitrogen and oxygen atoms in total. The standard InChI is InChI=1S/C25H22N2O.C2H6/c28-25(27-19-17-26(18-20-27)24-9-5-2-6-10-24)23-15-13-22(14-16-23)12-11-21-7-3-1-4-8-21;1-2/h1-10,13-16H,17-20H2;1-2H3. The molecule has 3 aromatic carbocycles. The van der Waals surface area contributed by atoms with Gasteiger partial charge in [-0.15, -0.1) is 0 Å². The first kappa shape index (κ1) is 21.2. The van der Waals surface area contributed by atoms with Gasteiger partial charge in [0.25, 0.3) is 5.91 Å². The van der Waals surface area contributed by atoms with Crippen molar-refractivity contribution in [3.63, 3.8) is 0 Å². The molecule has 1 aliphatic heterocycles. The molecule has 1 fully saturated rings. The third kappa shape index (κ3) is 5.52. The average Bonchev–Trinajstić information content (AvgIpc) is 2.85. The predicted molar refractivity (Wildman–Crippen MR) is 125 cm³/mol. The zero-order valence-electron chi connectivity index (χ0n) is 17.7. The van der Waals surface area contributed by atoms with Gasteiger partial charge in [-0.05, 0) is 48.5 Å². The molecule has 3 heteroatoms. The van der Waals surface area contributed by atoms with Crippen molar-refractivity contribution in [1.82, 2.24) is 4.90 Å². The highest BCUT2D eigenvalue weighted by molar-refractivity contribution is 5.94. The highest BCUT2D eigenvalue weighted by Crippen LogP contribution is 2.17. The van der Waals surface area contributed by atoms with Gasteiger partial charge < -0.3 is 9.80 Å². The van der Waals surface area contributed by atoms with Gasteiger partial charge in [0.1, 0.15) is 0 Å². The lowest BCUT2D eigenvalue weighted by Gasteiger charge is -2.36. The van der Waals surface area contributed by atoms with Crippen LogP contribution in [0.1, 0.15) is 35.3 Å². The maximum atomic E-state index is 12.8. The van der Waals surface area contributed by atoms with Gasteiger partial charge >= 0.3 is 0 Å². The lowest BCUT2D eigenvalue weighted by molar-refractivity contribution is 0.0747. The smallest absolute Gasteiger partial charge is 0.253 e. The Morgan fingerprint density at radius 2 is 1.17 bits per heavy atom. The van der Waals surface area contributed by atoms with Crippen molar-refractivity contribution in [2.75, 3.05) is 31.1 Å². The molecule has 152 valence electrons. The molecule has 0 spiro atoms. The van der Waals surface area contributed by atoms with Gasteiger partial charge in [0.05, 0.1) is 0 Å². The summed E-state index contributed by atoms with van der Waals surface area (Å²) in [5.41, 5.74) is 3.84. The summed E-state index contributed by atoms with van der Waals surface area (Å²) in [4.78, 5) is 17.1. The highest BCUT2D eigenvalue weighted by atomic mass is 16.2. The van der Waals surface area contributed by atoms with Crippen LogP contribution >= 0.6 is 0 Å². The number of para-hydroxylation sites is 1. The lowest BCUT2D eigenvalue weighted by Crippen LogP contribution is -2.48. The monoisotopic (exact) mass is 396 g/mol. The minimum atomic E-state index is 0.0929. The molecule has 4 rings (SSSR count). The van der Waals surface area contributed by atoms with Gasteiger partial charge in [0, 0.05) is 48.6 Å². The van der Waals surface area contributed by atoms with Crippen LogP contribution in [-0.2, 0) is 0 Å². The van der Waals surface area contributed by atoms with Crippen LogP contribution in [0.25, 0.3) is 0 Å². The molecule has 1 saturated heterocycles. The second-order valence-corrected chi connectivity index (χ2v) is 6.81. The molecule has 0 saturated carbocycles. The fourth-order valence-corrected chi connectivity index (χ4v) is 3.35. The number of hydrogen-bond donors (Lipinski definition) is 0. The van der Waals surface area contributed by atoms with Crippen molar-refractivity contribution >= 4 is 11.6 Å². The Bertz CT molecular complexity index is 978. The Kier molecular flexibility index (Phi) is 7.69. The van der Waals surface area contributed by atoms with E-state index in [-0.39, 0.29) is 5.91 Å². The van der Waals surface area contributed by atoms with E-state index < -0.39 is 0 Å². The second-order valence-electron chi connectivity index (χ2n) is 6.81. The van der Waals surface area contributed by atoms with Gasteiger partial charge in [-0.2, -0.15) is 0 Å². The topological polar surface area (TPSA) is 23.6 Å². The predicted octanol–water partition coefficient (Wildman–Crippen LogP) is 5.08. The van der Waals surface area contributed by atoms with E-state index in [1.807, 2.05) is 79.4 Å². The maximum Gasteiger partial charge on any atom is 0.253 e. The average molecular weight is 397 g/mol. The fraction of sp³-hybridized carbons (Fsp3) is 0.222. The first-order chi connectivity index (χ1) is 14.8. The zero-order chi connectivity index (χ0) is 21.2. The number of anilines is 1. The third-order valence-electron chi connectivity index (χ3n) is 4.95. The molecule has 0 N–H and O–H groups in total. The molecule has 30 heavy (non-hydrogen) atoms. The third-order valence-corrected chi connectivity index (χ3v) is 4.95. The van der Waals surface area contributed by atoms with Crippen molar-refractivity contribution in [3.8, 4) is 11.8 Å². The summed E-state index contributed by atoms with van der Waals surface area (Å²) < 4.78 is 0. The number of piperazine rings is 1. The summed E-state index contributed by atoms with van der Waals surface area (Å²) in [6.45, 7) is 7.19. The molecule has 1 heterocycles. The van der Waals surface area contributed by atoms with Gasteiger partial charge in [0.15, 0.2) is 0 Å². The quantitative estimate of drug-likeness (QED) is 0.564. The minimum absolute atomic E-state index is 0.0929. The van der Waals surface area contributed by atoms with Crippen molar-refractivity contribution in [2.45, 2.75) is 13.8 Å². The zero-order valence-corrected chi connectivity index (χ0v) is 17.7. The van der Waals surface area contributed by atoms with E-state index in [1.54, 1.807) is 0 Å². The van der Waals surface area contributed by atoms with E-state index in [2.05, 4.69) is 41.0 Å². The van der Waals surface area contributed by atoms with Crippen LogP contribution in [0.2, 0.25) is 0 Å².